The van der Waals surface area contributed by atoms with Crippen molar-refractivity contribution in [2.24, 2.45) is 0 Å². The number of rotatable bonds is 4. The monoisotopic (exact) mass is 314 g/mol. The number of carbonyl (C=O) groups is 1. The Kier molecular flexibility index (Phi) is 4.73. The molecule has 0 spiro atoms. The average Bonchev–Trinajstić information content (AvgIpc) is 3.02. The summed E-state index contributed by atoms with van der Waals surface area (Å²) in [6.07, 6.45) is 1.10. The molecule has 3 rings (SSSR count). The van der Waals surface area contributed by atoms with Crippen LogP contribution >= 0.6 is 0 Å². The van der Waals surface area contributed by atoms with Gasteiger partial charge in [0.2, 0.25) is 0 Å². The van der Waals surface area contributed by atoms with Crippen molar-refractivity contribution in [3.05, 3.63) is 53.3 Å². The van der Waals surface area contributed by atoms with Gasteiger partial charge in [-0.25, -0.2) is 0 Å². The lowest BCUT2D eigenvalue weighted by Gasteiger charge is -2.35. The molecular weight excluding hydrogens is 292 g/mol. The first kappa shape index (κ1) is 15.7. The zero-order valence-electron chi connectivity index (χ0n) is 13.3. The Morgan fingerprint density at radius 2 is 1.96 bits per heavy atom. The maximum Gasteiger partial charge on any atom is 0.257 e. The molecule has 122 valence electrons. The molecule has 0 bridgehead atoms. The summed E-state index contributed by atoms with van der Waals surface area (Å²) in [4.78, 5) is 16.5. The van der Waals surface area contributed by atoms with Gasteiger partial charge >= 0.3 is 0 Å². The van der Waals surface area contributed by atoms with Crippen LogP contribution in [-0.4, -0.2) is 63.7 Å². The second-order valence-corrected chi connectivity index (χ2v) is 5.93. The maximum atomic E-state index is 12.4. The van der Waals surface area contributed by atoms with Crippen molar-refractivity contribution in [3.63, 3.8) is 0 Å². The highest BCUT2D eigenvalue weighted by molar-refractivity contribution is 5.95. The molecule has 1 saturated heterocycles. The Morgan fingerprint density at radius 1 is 1.26 bits per heavy atom. The van der Waals surface area contributed by atoms with E-state index in [0.29, 0.717) is 25.2 Å². The second kappa shape index (κ2) is 6.93. The predicted octanol–water partition coefficient (Wildman–Crippen LogP) is 1.21. The fourth-order valence-electron chi connectivity index (χ4n) is 2.90. The third-order valence-corrected chi connectivity index (χ3v) is 4.34. The summed E-state index contributed by atoms with van der Waals surface area (Å²) < 4.78 is 0. The molecule has 2 heterocycles. The average molecular weight is 314 g/mol. The molecule has 0 saturated carbocycles. The van der Waals surface area contributed by atoms with Crippen LogP contribution in [0, 0.1) is 6.92 Å². The number of nitrogens with one attached hydrogen (secondary N) is 1. The Morgan fingerprint density at radius 3 is 2.57 bits per heavy atom. The van der Waals surface area contributed by atoms with E-state index < -0.39 is 6.10 Å². The lowest BCUT2D eigenvalue weighted by molar-refractivity contribution is 0.0527. The van der Waals surface area contributed by atoms with Gasteiger partial charge in [0.25, 0.3) is 5.91 Å². The van der Waals surface area contributed by atoms with E-state index in [1.54, 1.807) is 6.20 Å². The van der Waals surface area contributed by atoms with Crippen molar-refractivity contribution in [3.8, 4) is 0 Å². The van der Waals surface area contributed by atoms with E-state index in [1.807, 2.05) is 42.2 Å². The van der Waals surface area contributed by atoms with Crippen molar-refractivity contribution < 1.29 is 9.90 Å². The molecule has 6 nitrogen and oxygen atoms in total. The van der Waals surface area contributed by atoms with Crippen LogP contribution in [0.2, 0.25) is 0 Å². The number of amides is 1. The van der Waals surface area contributed by atoms with Gasteiger partial charge in [-0.05, 0) is 12.5 Å². The minimum atomic E-state index is -0.491. The number of aromatic nitrogens is 2. The van der Waals surface area contributed by atoms with Gasteiger partial charge in [0, 0.05) is 38.4 Å². The van der Waals surface area contributed by atoms with Gasteiger partial charge in [-0.15, -0.1) is 0 Å². The Hall–Kier alpha value is -2.18. The van der Waals surface area contributed by atoms with Crippen LogP contribution in [0.4, 0.5) is 0 Å². The van der Waals surface area contributed by atoms with Gasteiger partial charge in [0.05, 0.1) is 17.9 Å². The summed E-state index contributed by atoms with van der Waals surface area (Å²) >= 11 is 0. The molecule has 1 amide bonds. The van der Waals surface area contributed by atoms with Gasteiger partial charge in [-0.3, -0.25) is 14.8 Å². The molecule has 6 heteroatoms. The van der Waals surface area contributed by atoms with Crippen LogP contribution in [0.25, 0.3) is 0 Å². The number of aromatic amines is 1. The molecule has 1 aromatic carbocycles. The molecule has 1 aromatic heterocycles. The van der Waals surface area contributed by atoms with Crippen LogP contribution in [0.5, 0.6) is 0 Å². The second-order valence-electron chi connectivity index (χ2n) is 5.93. The quantitative estimate of drug-likeness (QED) is 0.890. The molecule has 2 N–H and O–H groups in total. The third kappa shape index (κ3) is 3.60. The first-order valence-electron chi connectivity index (χ1n) is 7.90. The van der Waals surface area contributed by atoms with E-state index >= 15 is 0 Å². The highest BCUT2D eigenvalue weighted by atomic mass is 16.3. The number of aryl methyl sites for hydroxylation is 1. The SMILES string of the molecule is Cc1[nH]ncc1C(=O)N1CCN(C[C@@H](O)c2ccccc2)CC1. The first-order chi connectivity index (χ1) is 11.1. The van der Waals surface area contributed by atoms with Gasteiger partial charge in [-0.1, -0.05) is 30.3 Å². The zero-order chi connectivity index (χ0) is 16.2. The number of piperazine rings is 1. The molecule has 23 heavy (non-hydrogen) atoms. The number of carbonyl (C=O) groups excluding carboxylic acids is 1. The van der Waals surface area contributed by atoms with Crippen LogP contribution in [0.3, 0.4) is 0 Å². The van der Waals surface area contributed by atoms with Gasteiger partial charge < -0.3 is 10.0 Å². The summed E-state index contributed by atoms with van der Waals surface area (Å²) in [5, 5.41) is 17.0. The molecule has 1 aliphatic heterocycles. The van der Waals surface area contributed by atoms with Crippen LogP contribution in [-0.2, 0) is 0 Å². The number of nitrogens with zero attached hydrogens (tertiary/aromatic N) is 3. The summed E-state index contributed by atoms with van der Waals surface area (Å²) in [6.45, 7) is 5.33. The normalized spacial score (nSPS) is 17.2. The largest absolute Gasteiger partial charge is 0.387 e. The molecule has 1 aliphatic rings. The number of H-pyrrole nitrogens is 1. The molecule has 0 radical (unpaired) electrons. The summed E-state index contributed by atoms with van der Waals surface area (Å²) in [6, 6.07) is 9.68. The van der Waals surface area contributed by atoms with Crippen molar-refractivity contribution in [1.29, 1.82) is 0 Å². The van der Waals surface area contributed by atoms with E-state index in [1.165, 1.54) is 0 Å². The van der Waals surface area contributed by atoms with Crippen molar-refractivity contribution >= 4 is 5.91 Å². The highest BCUT2D eigenvalue weighted by Gasteiger charge is 2.25. The van der Waals surface area contributed by atoms with Crippen LogP contribution < -0.4 is 0 Å². The van der Waals surface area contributed by atoms with E-state index in [4.69, 9.17) is 0 Å². The lowest BCUT2D eigenvalue weighted by atomic mass is 10.1. The first-order valence-corrected chi connectivity index (χ1v) is 7.90. The molecule has 1 fully saturated rings. The lowest BCUT2D eigenvalue weighted by Crippen LogP contribution is -2.49. The maximum absolute atomic E-state index is 12.4. The smallest absolute Gasteiger partial charge is 0.257 e. The standard InChI is InChI=1S/C17H22N4O2/c1-13-15(11-18-19-13)17(23)21-9-7-20(8-10-21)12-16(22)14-5-3-2-4-6-14/h2-6,11,16,22H,7-10,12H2,1H3,(H,18,19)/t16-/m1/s1. The zero-order valence-corrected chi connectivity index (χ0v) is 13.3. The Bertz CT molecular complexity index is 648. The topological polar surface area (TPSA) is 72.5 Å². The summed E-state index contributed by atoms with van der Waals surface area (Å²) in [7, 11) is 0. The van der Waals surface area contributed by atoms with Gasteiger partial charge in [0.15, 0.2) is 0 Å². The van der Waals surface area contributed by atoms with Gasteiger partial charge in [-0.2, -0.15) is 5.10 Å². The van der Waals surface area contributed by atoms with Crippen molar-refractivity contribution in [2.75, 3.05) is 32.7 Å². The van der Waals surface area contributed by atoms with E-state index in [9.17, 15) is 9.90 Å². The minimum absolute atomic E-state index is 0.0273. The Labute approximate surface area is 135 Å². The fourth-order valence-corrected chi connectivity index (χ4v) is 2.90. The Balaban J connectivity index is 1.53. The minimum Gasteiger partial charge on any atom is -0.387 e. The molecule has 0 unspecified atom stereocenters. The van der Waals surface area contributed by atoms with E-state index in [2.05, 4.69) is 15.1 Å². The fraction of sp³-hybridized carbons (Fsp3) is 0.412. The molecule has 0 aliphatic carbocycles. The number of aliphatic hydroxyl groups excluding tert-OH is 1. The van der Waals surface area contributed by atoms with Crippen molar-refractivity contribution in [2.45, 2.75) is 13.0 Å². The molecule has 2 aromatic rings. The summed E-state index contributed by atoms with van der Waals surface area (Å²) in [5.41, 5.74) is 2.37. The highest BCUT2D eigenvalue weighted by Crippen LogP contribution is 2.16. The number of β-amino-alcohol motifs (C(OH)–C–C–N with tert-alkyl or cyclic N) is 1. The van der Waals surface area contributed by atoms with Crippen molar-refractivity contribution in [1.82, 2.24) is 20.0 Å². The predicted molar refractivity (Wildman–Crippen MR) is 87.1 cm³/mol. The van der Waals surface area contributed by atoms with Crippen LogP contribution in [0.1, 0.15) is 27.7 Å². The number of hydrogen-bond donors (Lipinski definition) is 2. The van der Waals surface area contributed by atoms with E-state index in [-0.39, 0.29) is 5.91 Å². The number of hydrogen-bond acceptors (Lipinski definition) is 4. The van der Waals surface area contributed by atoms with E-state index in [0.717, 1.165) is 24.3 Å². The third-order valence-electron chi connectivity index (χ3n) is 4.34. The molecule has 1 atom stereocenters. The number of aliphatic hydroxyl groups is 1. The summed E-state index contributed by atoms with van der Waals surface area (Å²) in [5.74, 6) is 0.0273. The number of benzene rings is 1. The molecular formula is C17H22N4O2. The van der Waals surface area contributed by atoms with Crippen LogP contribution in [0.15, 0.2) is 36.5 Å². The van der Waals surface area contributed by atoms with Gasteiger partial charge in [0.1, 0.15) is 0 Å².